The highest BCUT2D eigenvalue weighted by Crippen LogP contribution is 2.28. The first kappa shape index (κ1) is 28.6. The molecule has 3 N–H and O–H groups in total. The molecule has 0 bridgehead atoms. The molecule has 1 aliphatic rings. The standard InChI is InChI=1S/C25H35F3N6O3/c1-17(37-2)16-34(12-4-3-7-20-9-8-18-6-5-11-29-22(18)32-20)13-10-21(23(35)36)33-24-30-14-19(15-31-24)25(26,27)28/h8-9,14-15,17,21H,3-7,10-13,16H2,1-2H3,(H,29,32)(H,35,36)(H,30,31,33)/t17-,21?/m1/s1. The van der Waals surface area contributed by atoms with Gasteiger partial charge in [-0.3, -0.25) is 0 Å². The number of alkyl halides is 3. The zero-order valence-corrected chi connectivity index (χ0v) is 21.2. The first-order valence-corrected chi connectivity index (χ1v) is 12.5. The van der Waals surface area contributed by atoms with Crippen molar-refractivity contribution in [1.29, 1.82) is 0 Å². The van der Waals surface area contributed by atoms with Gasteiger partial charge in [0, 0.05) is 44.8 Å². The van der Waals surface area contributed by atoms with Gasteiger partial charge >= 0.3 is 12.1 Å². The third-order valence-corrected chi connectivity index (χ3v) is 6.34. The number of ether oxygens (including phenoxy) is 1. The molecule has 2 atom stereocenters. The Morgan fingerprint density at radius 3 is 2.68 bits per heavy atom. The second kappa shape index (κ2) is 13.5. The van der Waals surface area contributed by atoms with Crippen LogP contribution in [-0.4, -0.2) is 76.4 Å². The molecule has 12 heteroatoms. The number of aromatic nitrogens is 3. The van der Waals surface area contributed by atoms with E-state index in [-0.39, 0.29) is 18.5 Å². The number of carbonyl (C=O) groups is 1. The Hall–Kier alpha value is -2.99. The van der Waals surface area contributed by atoms with Gasteiger partial charge in [0.05, 0.1) is 11.7 Å². The number of rotatable bonds is 14. The van der Waals surface area contributed by atoms with Crippen molar-refractivity contribution in [3.05, 3.63) is 41.3 Å². The summed E-state index contributed by atoms with van der Waals surface area (Å²) >= 11 is 0. The number of pyridine rings is 1. The number of methoxy groups -OCH3 is 1. The van der Waals surface area contributed by atoms with Crippen LogP contribution in [0.3, 0.4) is 0 Å². The van der Waals surface area contributed by atoms with Gasteiger partial charge < -0.3 is 25.4 Å². The van der Waals surface area contributed by atoms with E-state index in [1.165, 1.54) is 5.56 Å². The maximum atomic E-state index is 12.7. The molecular formula is C25H35F3N6O3. The van der Waals surface area contributed by atoms with E-state index in [4.69, 9.17) is 9.72 Å². The molecule has 0 saturated carbocycles. The fourth-order valence-corrected chi connectivity index (χ4v) is 4.16. The fraction of sp³-hybridized carbons (Fsp3) is 0.600. The molecule has 0 aliphatic carbocycles. The summed E-state index contributed by atoms with van der Waals surface area (Å²) in [6, 6.07) is 3.18. The van der Waals surface area contributed by atoms with Crippen molar-refractivity contribution in [2.24, 2.45) is 0 Å². The molecule has 1 unspecified atom stereocenters. The first-order valence-electron chi connectivity index (χ1n) is 12.5. The van der Waals surface area contributed by atoms with E-state index in [1.54, 1.807) is 7.11 Å². The van der Waals surface area contributed by atoms with E-state index in [2.05, 4.69) is 37.6 Å². The molecule has 0 saturated heterocycles. The molecule has 3 heterocycles. The number of anilines is 2. The number of aliphatic carboxylic acids is 1. The molecule has 2 aromatic rings. The lowest BCUT2D eigenvalue weighted by Gasteiger charge is -2.26. The predicted molar refractivity (Wildman–Crippen MR) is 134 cm³/mol. The third kappa shape index (κ3) is 9.12. The van der Waals surface area contributed by atoms with E-state index in [0.717, 1.165) is 56.7 Å². The van der Waals surface area contributed by atoms with Crippen molar-refractivity contribution >= 4 is 17.7 Å². The predicted octanol–water partition coefficient (Wildman–Crippen LogP) is 3.86. The van der Waals surface area contributed by atoms with Crippen molar-refractivity contribution < 1.29 is 27.8 Å². The summed E-state index contributed by atoms with van der Waals surface area (Å²) in [4.78, 5) is 25.9. The fourth-order valence-electron chi connectivity index (χ4n) is 4.16. The minimum absolute atomic E-state index is 0.0390. The molecule has 0 radical (unpaired) electrons. The summed E-state index contributed by atoms with van der Waals surface area (Å²) in [5.41, 5.74) is 1.32. The molecule has 0 fully saturated rings. The number of hydrogen-bond donors (Lipinski definition) is 3. The topological polar surface area (TPSA) is 113 Å². The number of nitrogens with one attached hydrogen (secondary N) is 2. The highest BCUT2D eigenvalue weighted by molar-refractivity contribution is 5.76. The Bertz CT molecular complexity index is 1010. The Kier molecular flexibility index (Phi) is 10.4. The van der Waals surface area contributed by atoms with Crippen molar-refractivity contribution in [1.82, 2.24) is 19.9 Å². The highest BCUT2D eigenvalue weighted by Gasteiger charge is 2.31. The zero-order chi connectivity index (χ0) is 26.8. The highest BCUT2D eigenvalue weighted by atomic mass is 19.4. The second-order valence-electron chi connectivity index (χ2n) is 9.26. The van der Waals surface area contributed by atoms with Crippen LogP contribution in [-0.2, 0) is 28.5 Å². The summed E-state index contributed by atoms with van der Waals surface area (Å²) in [7, 11) is 1.63. The molecule has 1 aliphatic heterocycles. The average Bonchev–Trinajstić information content (AvgIpc) is 2.88. The van der Waals surface area contributed by atoms with Crippen LogP contribution in [0.15, 0.2) is 24.5 Å². The molecule has 37 heavy (non-hydrogen) atoms. The van der Waals surface area contributed by atoms with Gasteiger partial charge in [-0.1, -0.05) is 6.07 Å². The van der Waals surface area contributed by atoms with Crippen LogP contribution < -0.4 is 10.6 Å². The van der Waals surface area contributed by atoms with E-state index >= 15 is 0 Å². The number of nitrogens with zero attached hydrogens (tertiary/aromatic N) is 4. The van der Waals surface area contributed by atoms with Crippen LogP contribution in [0.4, 0.5) is 24.9 Å². The van der Waals surface area contributed by atoms with Gasteiger partial charge in [0.25, 0.3) is 0 Å². The van der Waals surface area contributed by atoms with Crippen molar-refractivity contribution in [3.8, 4) is 0 Å². The Labute approximate surface area is 214 Å². The van der Waals surface area contributed by atoms with Crippen molar-refractivity contribution in [2.75, 3.05) is 43.9 Å². The van der Waals surface area contributed by atoms with Crippen molar-refractivity contribution in [2.45, 2.75) is 63.8 Å². The molecule has 2 aromatic heterocycles. The van der Waals surface area contributed by atoms with E-state index in [0.29, 0.717) is 25.5 Å². The van der Waals surface area contributed by atoms with Crippen LogP contribution in [0.1, 0.15) is 49.4 Å². The average molecular weight is 525 g/mol. The summed E-state index contributed by atoms with van der Waals surface area (Å²) < 4.78 is 43.6. The number of fused-ring (bicyclic) bond motifs is 1. The lowest BCUT2D eigenvalue weighted by molar-refractivity contribution is -0.139. The Balaban J connectivity index is 1.51. The molecule has 0 spiro atoms. The SMILES string of the molecule is CO[C@H](C)CN(CCCCc1ccc2c(n1)NCCC2)CCC(Nc1ncc(C(F)(F)F)cn1)C(=O)O. The lowest BCUT2D eigenvalue weighted by atomic mass is 10.1. The van der Waals surface area contributed by atoms with Gasteiger partial charge in [0.1, 0.15) is 11.9 Å². The summed E-state index contributed by atoms with van der Waals surface area (Å²) in [5.74, 6) is -0.303. The summed E-state index contributed by atoms with van der Waals surface area (Å²) in [6.45, 7) is 4.73. The third-order valence-electron chi connectivity index (χ3n) is 6.34. The second-order valence-corrected chi connectivity index (χ2v) is 9.26. The van der Waals surface area contributed by atoms with Gasteiger partial charge in [0.15, 0.2) is 0 Å². The zero-order valence-electron chi connectivity index (χ0n) is 21.2. The van der Waals surface area contributed by atoms with E-state index < -0.39 is 23.8 Å². The van der Waals surface area contributed by atoms with Crippen LogP contribution in [0.2, 0.25) is 0 Å². The minimum atomic E-state index is -4.56. The van der Waals surface area contributed by atoms with Gasteiger partial charge in [-0.15, -0.1) is 0 Å². The van der Waals surface area contributed by atoms with Gasteiger partial charge in [-0.25, -0.2) is 19.7 Å². The van der Waals surface area contributed by atoms with Crippen LogP contribution in [0, 0.1) is 0 Å². The number of unbranched alkanes of at least 4 members (excludes halogenated alkanes) is 1. The number of carboxylic acids is 1. The summed E-state index contributed by atoms with van der Waals surface area (Å²) in [6.07, 6.45) is 1.75. The molecule has 0 amide bonds. The Morgan fingerprint density at radius 2 is 2.00 bits per heavy atom. The molecule has 9 nitrogen and oxygen atoms in total. The monoisotopic (exact) mass is 524 g/mol. The van der Waals surface area contributed by atoms with E-state index in [1.807, 2.05) is 6.92 Å². The van der Waals surface area contributed by atoms with Gasteiger partial charge in [0.2, 0.25) is 5.95 Å². The van der Waals surface area contributed by atoms with E-state index in [9.17, 15) is 23.1 Å². The normalized spacial score (nSPS) is 15.1. The molecular weight excluding hydrogens is 489 g/mol. The summed E-state index contributed by atoms with van der Waals surface area (Å²) in [5, 5.41) is 15.6. The number of carboxylic acid groups (broad SMARTS) is 1. The quantitative estimate of drug-likeness (QED) is 0.317. The number of halogens is 3. The molecule has 0 aromatic carbocycles. The lowest BCUT2D eigenvalue weighted by Crippen LogP contribution is -2.38. The largest absolute Gasteiger partial charge is 0.480 e. The van der Waals surface area contributed by atoms with Crippen LogP contribution in [0.5, 0.6) is 0 Å². The van der Waals surface area contributed by atoms with Gasteiger partial charge in [-0.05, 0) is 63.6 Å². The molecule has 204 valence electrons. The molecule has 3 rings (SSSR count). The van der Waals surface area contributed by atoms with Crippen LogP contribution >= 0.6 is 0 Å². The van der Waals surface area contributed by atoms with Crippen LogP contribution in [0.25, 0.3) is 0 Å². The maximum Gasteiger partial charge on any atom is 0.419 e. The first-order chi connectivity index (χ1) is 17.7. The maximum absolute atomic E-state index is 12.7. The Morgan fingerprint density at radius 1 is 1.24 bits per heavy atom. The number of hydrogen-bond acceptors (Lipinski definition) is 8. The van der Waals surface area contributed by atoms with Crippen molar-refractivity contribution in [3.63, 3.8) is 0 Å². The number of aryl methyl sites for hydroxylation is 2. The minimum Gasteiger partial charge on any atom is -0.480 e. The smallest absolute Gasteiger partial charge is 0.419 e. The van der Waals surface area contributed by atoms with Gasteiger partial charge in [-0.2, -0.15) is 13.2 Å².